The molecule has 1 atom stereocenters. The fourth-order valence-corrected chi connectivity index (χ4v) is 5.32. The number of fused-ring (bicyclic) bond motifs is 1. The van der Waals surface area contributed by atoms with E-state index in [1.165, 1.54) is 18.3 Å². The Morgan fingerprint density at radius 2 is 1.84 bits per heavy atom. The van der Waals surface area contributed by atoms with Gasteiger partial charge in [-0.15, -0.1) is 5.10 Å². The second kappa shape index (κ2) is 14.2. The smallest absolute Gasteiger partial charge is 0.141 e. The number of nitrogens with zero attached hydrogens (tertiary/aromatic N) is 6. The number of anilines is 3. The van der Waals surface area contributed by atoms with Crippen LogP contribution >= 0.6 is 23.2 Å². The minimum Gasteiger partial charge on any atom is -0.373 e. The Bertz CT molecular complexity index is 1850. The van der Waals surface area contributed by atoms with Crippen LogP contribution < -0.4 is 16.0 Å². The van der Waals surface area contributed by atoms with Crippen LogP contribution in [0.25, 0.3) is 10.9 Å². The number of benzene rings is 3. The van der Waals surface area contributed by atoms with Gasteiger partial charge in [0, 0.05) is 48.6 Å². The highest BCUT2D eigenvalue weighted by atomic mass is 35.5. The highest BCUT2D eigenvalue weighted by molar-refractivity contribution is 6.36. The van der Waals surface area contributed by atoms with Crippen molar-refractivity contribution in [3.63, 3.8) is 0 Å². The molecule has 5 rings (SSSR count). The quantitative estimate of drug-likeness (QED) is 0.121. The third-order valence-electron chi connectivity index (χ3n) is 7.25. The van der Waals surface area contributed by atoms with Crippen molar-refractivity contribution in [2.24, 2.45) is 0 Å². The minimum atomic E-state index is -0.536. The van der Waals surface area contributed by atoms with Crippen molar-refractivity contribution in [3.05, 3.63) is 105 Å². The number of nitrogens with one attached hydrogen (secondary N) is 3. The maximum Gasteiger partial charge on any atom is 0.141 e. The van der Waals surface area contributed by atoms with Gasteiger partial charge in [0.05, 0.1) is 39.1 Å². The van der Waals surface area contributed by atoms with Crippen molar-refractivity contribution in [3.8, 4) is 6.07 Å². The van der Waals surface area contributed by atoms with Gasteiger partial charge in [-0.3, -0.25) is 4.98 Å². The molecule has 3 N–H and O–H groups in total. The van der Waals surface area contributed by atoms with Gasteiger partial charge in [0.25, 0.3) is 0 Å². The molecule has 45 heavy (non-hydrogen) atoms. The predicted molar refractivity (Wildman–Crippen MR) is 179 cm³/mol. The topological polar surface area (TPSA) is 107 Å². The summed E-state index contributed by atoms with van der Waals surface area (Å²) >= 11 is 12.8. The molecule has 0 aliphatic heterocycles. The van der Waals surface area contributed by atoms with Gasteiger partial charge in [-0.2, -0.15) is 5.26 Å². The molecule has 2 aromatic heterocycles. The fourth-order valence-electron chi connectivity index (χ4n) is 4.87. The maximum absolute atomic E-state index is 13.9. The highest BCUT2D eigenvalue weighted by Crippen LogP contribution is 2.37. The van der Waals surface area contributed by atoms with Crippen LogP contribution in [-0.2, 0) is 6.54 Å². The molecule has 0 radical (unpaired) electrons. The Hall–Kier alpha value is -4.27. The molecule has 0 aliphatic carbocycles. The number of nitriles is 1. The molecule has 2 heterocycles. The van der Waals surface area contributed by atoms with Crippen LogP contribution in [-0.4, -0.2) is 52.1 Å². The van der Waals surface area contributed by atoms with Crippen LogP contribution in [0.1, 0.15) is 48.3 Å². The fraction of sp³-hybridized carbons (Fsp3) is 0.273. The van der Waals surface area contributed by atoms with Crippen molar-refractivity contribution >= 4 is 51.2 Å². The molecule has 0 saturated carbocycles. The molecule has 1 unspecified atom stereocenters. The Labute approximate surface area is 272 Å². The third-order valence-corrected chi connectivity index (χ3v) is 7.83. The van der Waals surface area contributed by atoms with E-state index in [2.05, 4.69) is 74.5 Å². The number of hydrogen-bond donors (Lipinski definition) is 3. The van der Waals surface area contributed by atoms with Gasteiger partial charge in [-0.05, 0) is 69.4 Å². The predicted octanol–water partition coefficient (Wildman–Crippen LogP) is 7.32. The van der Waals surface area contributed by atoms with Crippen molar-refractivity contribution in [2.45, 2.75) is 32.5 Å². The summed E-state index contributed by atoms with van der Waals surface area (Å²) in [6, 6.07) is 18.2. The first kappa shape index (κ1) is 32.1. The van der Waals surface area contributed by atoms with Crippen LogP contribution in [0.2, 0.25) is 10.0 Å². The van der Waals surface area contributed by atoms with Crippen LogP contribution in [0.3, 0.4) is 0 Å². The summed E-state index contributed by atoms with van der Waals surface area (Å²) in [4.78, 5) is 6.60. The Kier molecular flexibility index (Phi) is 10.2. The normalized spacial score (nSPS) is 12.1. The van der Waals surface area contributed by atoms with E-state index >= 15 is 0 Å². The van der Waals surface area contributed by atoms with Gasteiger partial charge in [0.2, 0.25) is 0 Å². The monoisotopic (exact) mass is 645 g/mol. The molecule has 0 amide bonds. The lowest BCUT2D eigenvalue weighted by Gasteiger charge is -2.21. The molecule has 0 fully saturated rings. The van der Waals surface area contributed by atoms with Crippen LogP contribution in [0.15, 0.2) is 67.0 Å². The molecule has 0 bridgehead atoms. The van der Waals surface area contributed by atoms with E-state index in [4.69, 9.17) is 23.2 Å². The van der Waals surface area contributed by atoms with Crippen molar-refractivity contribution in [1.29, 1.82) is 5.26 Å². The maximum atomic E-state index is 13.9. The second-order valence-corrected chi connectivity index (χ2v) is 12.1. The summed E-state index contributed by atoms with van der Waals surface area (Å²) in [5.74, 6) is -0.536. The standard InChI is InChI=1S/C33H34Cl2FN9/c1-20(2)45-19-30(42-43-45)32(22-7-5-6-21(12-22)17-38-10-11-44(3)4)41-25-13-26-31(40-24-8-9-29(36)27(34)14-24)23(16-37)18-39-33(26)28(35)15-25/h5-9,12-15,18-20,32,38,41H,10-11,17H2,1-4H3,(H,39,40). The summed E-state index contributed by atoms with van der Waals surface area (Å²) in [5.41, 5.74) is 5.34. The van der Waals surface area contributed by atoms with Crippen LogP contribution in [0, 0.1) is 17.1 Å². The summed E-state index contributed by atoms with van der Waals surface area (Å²) < 4.78 is 15.7. The van der Waals surface area contributed by atoms with E-state index in [9.17, 15) is 9.65 Å². The SMILES string of the molecule is CC(C)n1cc(C(Nc2cc(Cl)c3ncc(C#N)c(Nc4ccc(F)c(Cl)c4)c3c2)c2cccc(CNCCN(C)C)c2)nn1. The van der Waals surface area contributed by atoms with Gasteiger partial charge in [0.1, 0.15) is 17.6 Å². The van der Waals surface area contributed by atoms with Gasteiger partial charge in [-0.25, -0.2) is 9.07 Å². The zero-order valence-electron chi connectivity index (χ0n) is 25.4. The van der Waals surface area contributed by atoms with E-state index in [-0.39, 0.29) is 17.1 Å². The van der Waals surface area contributed by atoms with Gasteiger partial charge >= 0.3 is 0 Å². The number of pyridine rings is 1. The van der Waals surface area contributed by atoms with E-state index in [1.807, 2.05) is 36.9 Å². The average molecular weight is 647 g/mol. The third kappa shape index (κ3) is 7.70. The van der Waals surface area contributed by atoms with E-state index in [1.54, 1.807) is 12.1 Å². The Morgan fingerprint density at radius 1 is 1.04 bits per heavy atom. The number of aromatic nitrogens is 4. The van der Waals surface area contributed by atoms with E-state index in [0.29, 0.717) is 38.6 Å². The zero-order valence-corrected chi connectivity index (χ0v) is 27.0. The number of hydrogen-bond acceptors (Lipinski definition) is 8. The minimum absolute atomic E-state index is 0.0373. The number of halogens is 3. The first-order valence-corrected chi connectivity index (χ1v) is 15.3. The lowest BCUT2D eigenvalue weighted by molar-refractivity contribution is 0.400. The van der Waals surface area contributed by atoms with Gasteiger partial charge in [0.15, 0.2) is 0 Å². The van der Waals surface area contributed by atoms with Crippen LogP contribution in [0.4, 0.5) is 21.5 Å². The largest absolute Gasteiger partial charge is 0.373 e. The molecule has 232 valence electrons. The van der Waals surface area contributed by atoms with Gasteiger partial charge < -0.3 is 20.9 Å². The summed E-state index contributed by atoms with van der Waals surface area (Å²) in [7, 11) is 4.10. The summed E-state index contributed by atoms with van der Waals surface area (Å²) in [6.45, 7) is 6.63. The second-order valence-electron chi connectivity index (χ2n) is 11.3. The molecule has 5 aromatic rings. The van der Waals surface area contributed by atoms with Crippen molar-refractivity contribution < 1.29 is 4.39 Å². The zero-order chi connectivity index (χ0) is 32.1. The summed E-state index contributed by atoms with van der Waals surface area (Å²) in [6.07, 6.45) is 3.40. The molecule has 9 nitrogen and oxygen atoms in total. The molecular formula is C33H34Cl2FN9. The first-order valence-electron chi connectivity index (χ1n) is 14.5. The summed E-state index contributed by atoms with van der Waals surface area (Å²) in [5, 5.41) is 30.1. The molecule has 0 saturated heterocycles. The van der Waals surface area contributed by atoms with Gasteiger partial charge in [-0.1, -0.05) is 52.7 Å². The molecular weight excluding hydrogens is 612 g/mol. The molecule has 12 heteroatoms. The molecule has 0 aliphatic rings. The lowest BCUT2D eigenvalue weighted by Crippen LogP contribution is -2.26. The highest BCUT2D eigenvalue weighted by Gasteiger charge is 2.21. The van der Waals surface area contributed by atoms with Crippen molar-refractivity contribution in [2.75, 3.05) is 37.8 Å². The Morgan fingerprint density at radius 3 is 2.56 bits per heavy atom. The average Bonchev–Trinajstić information content (AvgIpc) is 3.51. The number of likely N-dealkylation sites (N-methyl/N-ethyl adjacent to an activating group) is 1. The molecule has 0 spiro atoms. The van der Waals surface area contributed by atoms with Crippen molar-refractivity contribution in [1.82, 2.24) is 30.2 Å². The lowest BCUT2D eigenvalue weighted by atomic mass is 10.0. The molecule has 3 aromatic carbocycles. The Balaban J connectivity index is 1.55. The van der Waals surface area contributed by atoms with Crippen LogP contribution in [0.5, 0.6) is 0 Å². The number of rotatable bonds is 12. The first-order chi connectivity index (χ1) is 21.6. The van der Waals surface area contributed by atoms with E-state index < -0.39 is 5.82 Å². The van der Waals surface area contributed by atoms with E-state index in [0.717, 1.165) is 36.5 Å².